The van der Waals surface area contributed by atoms with Gasteiger partial charge in [0.2, 0.25) is 0 Å². The lowest BCUT2D eigenvalue weighted by Crippen LogP contribution is -2.37. The zero-order valence-electron chi connectivity index (χ0n) is 19.4. The molecule has 2 N–H and O–H groups in total. The van der Waals surface area contributed by atoms with Crippen molar-refractivity contribution < 1.29 is 4.39 Å². The Morgan fingerprint density at radius 1 is 1.03 bits per heavy atom. The first-order valence-electron chi connectivity index (χ1n) is 11.8. The lowest BCUT2D eigenvalue weighted by molar-refractivity contribution is 0.214. The number of aryl methyl sites for hydroxylation is 1. The fraction of sp³-hybridized carbons (Fsp3) is 0.321. The molecule has 5 heteroatoms. The molecule has 0 unspecified atom stereocenters. The number of aromatic nitrogens is 2. The fourth-order valence-electron chi connectivity index (χ4n) is 5.01. The van der Waals surface area contributed by atoms with E-state index in [1.165, 1.54) is 36.1 Å². The molecular weight excluding hydrogens is 411 g/mol. The summed E-state index contributed by atoms with van der Waals surface area (Å²) < 4.78 is 13.5. The highest BCUT2D eigenvalue weighted by molar-refractivity contribution is 5.87. The van der Waals surface area contributed by atoms with Gasteiger partial charge in [-0.2, -0.15) is 0 Å². The largest absolute Gasteiger partial charge is 0.338 e. The summed E-state index contributed by atoms with van der Waals surface area (Å²) in [6.45, 7) is 6.64. The number of fused-ring (bicyclic) bond motifs is 1. The molecule has 0 saturated carbocycles. The highest BCUT2D eigenvalue weighted by Gasteiger charge is 2.22. The molecule has 33 heavy (non-hydrogen) atoms. The second kappa shape index (κ2) is 9.46. The Bertz CT molecular complexity index is 1240. The van der Waals surface area contributed by atoms with Crippen LogP contribution in [0.2, 0.25) is 0 Å². The number of hydrogen-bond donors (Lipinski definition) is 2. The van der Waals surface area contributed by atoms with Gasteiger partial charge in [-0.05, 0) is 86.3 Å². The number of piperidine rings is 1. The first-order chi connectivity index (χ1) is 16.1. The molecule has 170 valence electrons. The highest BCUT2D eigenvalue weighted by atomic mass is 19.1. The van der Waals surface area contributed by atoms with Gasteiger partial charge in [0.1, 0.15) is 11.6 Å². The van der Waals surface area contributed by atoms with Crippen LogP contribution in [0.1, 0.15) is 29.9 Å². The average molecular weight is 443 g/mol. The Kier molecular flexibility index (Phi) is 6.25. The molecule has 2 heterocycles. The molecular formula is C28H31FN4. The summed E-state index contributed by atoms with van der Waals surface area (Å²) in [5.74, 6) is 1.22. The van der Waals surface area contributed by atoms with Crippen molar-refractivity contribution in [3.8, 4) is 22.5 Å². The number of imidazole rings is 1. The van der Waals surface area contributed by atoms with Crippen molar-refractivity contribution in [3.05, 3.63) is 77.6 Å². The minimum absolute atomic E-state index is 0.226. The number of nitrogens with one attached hydrogen (secondary N) is 2. The molecule has 0 radical (unpaired) electrons. The normalized spacial score (nSPS) is 15.4. The van der Waals surface area contributed by atoms with Crippen LogP contribution in [-0.4, -0.2) is 48.1 Å². The van der Waals surface area contributed by atoms with E-state index in [1.54, 1.807) is 0 Å². The third kappa shape index (κ3) is 4.56. The monoisotopic (exact) mass is 442 g/mol. The van der Waals surface area contributed by atoms with Crippen LogP contribution in [0.25, 0.3) is 33.5 Å². The summed E-state index contributed by atoms with van der Waals surface area (Å²) in [5.41, 5.74) is 7.79. The number of likely N-dealkylation sites (N-methyl/N-ethyl adjacent to an activating group) is 1. The Morgan fingerprint density at radius 3 is 2.48 bits per heavy atom. The quantitative estimate of drug-likeness (QED) is 0.400. The third-order valence-electron chi connectivity index (χ3n) is 6.87. The van der Waals surface area contributed by atoms with Crippen molar-refractivity contribution in [2.75, 3.05) is 33.2 Å². The van der Waals surface area contributed by atoms with Crippen LogP contribution in [0.4, 0.5) is 4.39 Å². The van der Waals surface area contributed by atoms with Crippen molar-refractivity contribution in [1.29, 1.82) is 0 Å². The van der Waals surface area contributed by atoms with Crippen molar-refractivity contribution in [2.45, 2.75) is 25.7 Å². The predicted molar refractivity (Wildman–Crippen MR) is 134 cm³/mol. The molecule has 1 saturated heterocycles. The summed E-state index contributed by atoms with van der Waals surface area (Å²) in [6.07, 6.45) is 2.39. The number of rotatable bonds is 6. The van der Waals surface area contributed by atoms with Crippen molar-refractivity contribution in [2.24, 2.45) is 0 Å². The fourth-order valence-corrected chi connectivity index (χ4v) is 5.01. The van der Waals surface area contributed by atoms with E-state index in [2.05, 4.69) is 46.4 Å². The standard InChI is InChI=1S/C28H31FN4/c1-19-17-22(20-11-14-33(15-12-20)16-13-30-2)18-26-27(19)32-28(31-26)25-6-4-3-5-24(25)21-7-9-23(29)10-8-21/h3-10,17-18,20,30H,11-16H2,1-2H3,(H,31,32). The molecule has 0 spiro atoms. The summed E-state index contributed by atoms with van der Waals surface area (Å²) in [6, 6.07) is 19.5. The molecule has 0 aliphatic carbocycles. The van der Waals surface area contributed by atoms with Crippen LogP contribution in [-0.2, 0) is 0 Å². The first-order valence-corrected chi connectivity index (χ1v) is 11.8. The van der Waals surface area contributed by atoms with Gasteiger partial charge in [-0.1, -0.05) is 42.5 Å². The smallest absolute Gasteiger partial charge is 0.139 e. The van der Waals surface area contributed by atoms with E-state index < -0.39 is 0 Å². The summed E-state index contributed by atoms with van der Waals surface area (Å²) in [5, 5.41) is 3.25. The molecule has 1 fully saturated rings. The molecule has 0 amide bonds. The van der Waals surface area contributed by atoms with Gasteiger partial charge >= 0.3 is 0 Å². The topological polar surface area (TPSA) is 44.0 Å². The van der Waals surface area contributed by atoms with Gasteiger partial charge in [0.15, 0.2) is 0 Å². The second-order valence-electron chi connectivity index (χ2n) is 9.09. The molecule has 1 aliphatic rings. The Labute approximate surface area is 194 Å². The SMILES string of the molecule is CNCCN1CCC(c2cc(C)c3nc(-c4ccccc4-c4ccc(F)cc4)[nH]c3c2)CC1. The first kappa shape index (κ1) is 21.8. The number of H-pyrrole nitrogens is 1. The van der Waals surface area contributed by atoms with Crippen LogP contribution in [0.5, 0.6) is 0 Å². The zero-order chi connectivity index (χ0) is 22.8. The maximum atomic E-state index is 13.5. The number of halogens is 1. The zero-order valence-corrected chi connectivity index (χ0v) is 19.4. The number of hydrogen-bond acceptors (Lipinski definition) is 3. The maximum Gasteiger partial charge on any atom is 0.139 e. The average Bonchev–Trinajstić information content (AvgIpc) is 3.28. The Balaban J connectivity index is 1.45. The summed E-state index contributed by atoms with van der Waals surface area (Å²) >= 11 is 0. The summed E-state index contributed by atoms with van der Waals surface area (Å²) in [4.78, 5) is 11.1. The van der Waals surface area contributed by atoms with Crippen LogP contribution >= 0.6 is 0 Å². The van der Waals surface area contributed by atoms with E-state index in [9.17, 15) is 4.39 Å². The van der Waals surface area contributed by atoms with E-state index >= 15 is 0 Å². The van der Waals surface area contributed by atoms with Gasteiger partial charge in [0.05, 0.1) is 11.0 Å². The molecule has 4 aromatic rings. The van der Waals surface area contributed by atoms with Gasteiger partial charge in [-0.3, -0.25) is 0 Å². The highest BCUT2D eigenvalue weighted by Crippen LogP contribution is 2.35. The lowest BCUT2D eigenvalue weighted by atomic mass is 9.88. The minimum atomic E-state index is -0.226. The maximum absolute atomic E-state index is 13.5. The van der Waals surface area contributed by atoms with E-state index in [-0.39, 0.29) is 5.82 Å². The molecule has 4 nitrogen and oxygen atoms in total. The molecule has 5 rings (SSSR count). The van der Waals surface area contributed by atoms with E-state index in [4.69, 9.17) is 4.98 Å². The van der Waals surface area contributed by atoms with Crippen molar-refractivity contribution in [1.82, 2.24) is 20.2 Å². The second-order valence-corrected chi connectivity index (χ2v) is 9.09. The molecule has 1 aromatic heterocycles. The molecule has 1 aliphatic heterocycles. The number of nitrogens with zero attached hydrogens (tertiary/aromatic N) is 2. The van der Waals surface area contributed by atoms with Gasteiger partial charge < -0.3 is 15.2 Å². The Morgan fingerprint density at radius 2 is 1.76 bits per heavy atom. The van der Waals surface area contributed by atoms with Crippen molar-refractivity contribution in [3.63, 3.8) is 0 Å². The number of benzene rings is 3. The van der Waals surface area contributed by atoms with Crippen LogP contribution in [0, 0.1) is 12.7 Å². The van der Waals surface area contributed by atoms with Gasteiger partial charge in [0.25, 0.3) is 0 Å². The minimum Gasteiger partial charge on any atom is -0.338 e. The van der Waals surface area contributed by atoms with E-state index in [0.717, 1.165) is 59.7 Å². The van der Waals surface area contributed by atoms with Crippen LogP contribution in [0.15, 0.2) is 60.7 Å². The van der Waals surface area contributed by atoms with E-state index in [0.29, 0.717) is 5.92 Å². The van der Waals surface area contributed by atoms with E-state index in [1.807, 2.05) is 31.3 Å². The predicted octanol–water partition coefficient (Wildman–Crippen LogP) is 5.74. The molecule has 3 aromatic carbocycles. The molecule has 0 bridgehead atoms. The van der Waals surface area contributed by atoms with Gasteiger partial charge in [0, 0.05) is 18.7 Å². The number of aromatic amines is 1. The molecule has 0 atom stereocenters. The van der Waals surface area contributed by atoms with Gasteiger partial charge in [-0.15, -0.1) is 0 Å². The lowest BCUT2D eigenvalue weighted by Gasteiger charge is -2.32. The van der Waals surface area contributed by atoms with Crippen LogP contribution < -0.4 is 5.32 Å². The Hall–Kier alpha value is -3.02. The van der Waals surface area contributed by atoms with Crippen molar-refractivity contribution >= 4 is 11.0 Å². The number of likely N-dealkylation sites (tertiary alicyclic amines) is 1. The summed E-state index contributed by atoms with van der Waals surface area (Å²) in [7, 11) is 2.02. The third-order valence-corrected chi connectivity index (χ3v) is 6.87. The van der Waals surface area contributed by atoms with Gasteiger partial charge in [-0.25, -0.2) is 9.37 Å². The van der Waals surface area contributed by atoms with Crippen LogP contribution in [0.3, 0.4) is 0 Å².